The maximum Gasteiger partial charge on any atom is 0.462 e. The molecule has 0 aromatic heterocycles. The highest BCUT2D eigenvalue weighted by Crippen LogP contribution is 2.48. The quantitative estimate of drug-likeness (QED) is 0.376. The Morgan fingerprint density at radius 2 is 1.54 bits per heavy atom. The molecule has 5 nitrogen and oxygen atoms in total. The summed E-state index contributed by atoms with van der Waals surface area (Å²) in [6.07, 6.45) is -23.9. The smallest absolute Gasteiger partial charge is 0.428 e. The first kappa shape index (κ1) is 21.7. The summed E-state index contributed by atoms with van der Waals surface area (Å²) < 4.78 is 132. The van der Waals surface area contributed by atoms with Gasteiger partial charge in [0, 0.05) is 6.07 Å². The molecule has 15 heteroatoms. The third-order valence-corrected chi connectivity index (χ3v) is 2.52. The molecular weight excluding hydrogens is 400 g/mol. The van der Waals surface area contributed by atoms with Crippen LogP contribution in [0.4, 0.5) is 49.6 Å². The Labute approximate surface area is 136 Å². The Morgan fingerprint density at radius 1 is 1.00 bits per heavy atom. The third-order valence-electron chi connectivity index (χ3n) is 2.52. The molecule has 1 aromatic carbocycles. The number of non-ortho nitro benzene ring substituents is 1. The largest absolute Gasteiger partial charge is 0.462 e. The molecule has 0 aliphatic carbocycles. The van der Waals surface area contributed by atoms with Crippen LogP contribution < -0.4 is 4.74 Å². The number of rotatable bonds is 7. The highest BCUT2D eigenvalue weighted by molar-refractivity contribution is 5.38. The minimum Gasteiger partial charge on any atom is -0.428 e. The van der Waals surface area contributed by atoms with E-state index in [9.17, 15) is 54.0 Å². The van der Waals surface area contributed by atoms with Crippen LogP contribution in [0.25, 0.3) is 0 Å². The van der Waals surface area contributed by atoms with Gasteiger partial charge in [-0.05, 0) is 6.07 Å². The number of hydrogen-bond donors (Lipinski definition) is 0. The summed E-state index contributed by atoms with van der Waals surface area (Å²) in [5.41, 5.74) is -0.858. The first-order valence-electron chi connectivity index (χ1n) is 5.97. The van der Waals surface area contributed by atoms with Crippen molar-refractivity contribution in [3.05, 3.63) is 34.4 Å². The van der Waals surface area contributed by atoms with Gasteiger partial charge in [-0.1, -0.05) is 6.07 Å². The molecule has 0 bridgehead atoms. The van der Waals surface area contributed by atoms with E-state index in [0.717, 1.165) is 12.1 Å². The van der Waals surface area contributed by atoms with Crippen molar-refractivity contribution in [3.63, 3.8) is 0 Å². The Morgan fingerprint density at radius 3 is 2.00 bits per heavy atom. The second-order valence-corrected chi connectivity index (χ2v) is 4.44. The molecule has 0 aliphatic rings. The minimum absolute atomic E-state index is 0.281. The molecule has 0 saturated carbocycles. The van der Waals surface area contributed by atoms with Crippen molar-refractivity contribution in [1.82, 2.24) is 0 Å². The lowest BCUT2D eigenvalue weighted by Crippen LogP contribution is -2.56. The molecule has 0 fully saturated rings. The van der Waals surface area contributed by atoms with E-state index < -0.39 is 47.0 Å². The summed E-state index contributed by atoms with van der Waals surface area (Å²) in [4.78, 5) is 9.31. The average Bonchev–Trinajstić information content (AvgIpc) is 2.45. The molecule has 26 heavy (non-hydrogen) atoms. The van der Waals surface area contributed by atoms with E-state index in [0.29, 0.717) is 6.07 Å². The molecule has 0 aliphatic heterocycles. The predicted molar refractivity (Wildman–Crippen MR) is 60.6 cm³/mol. The monoisotopic (exact) mass is 405 g/mol. The van der Waals surface area contributed by atoms with Gasteiger partial charge in [-0.2, -0.15) is 39.5 Å². The van der Waals surface area contributed by atoms with Crippen molar-refractivity contribution < 1.29 is 58.3 Å². The van der Waals surface area contributed by atoms with E-state index in [-0.39, 0.29) is 6.07 Å². The zero-order valence-electron chi connectivity index (χ0n) is 11.7. The van der Waals surface area contributed by atoms with Gasteiger partial charge >= 0.3 is 30.7 Å². The van der Waals surface area contributed by atoms with Crippen molar-refractivity contribution in [3.8, 4) is 5.75 Å². The van der Waals surface area contributed by atoms with E-state index in [1.54, 1.807) is 0 Å². The van der Waals surface area contributed by atoms with E-state index >= 15 is 0 Å². The van der Waals surface area contributed by atoms with Gasteiger partial charge in [0.25, 0.3) is 5.69 Å². The molecule has 0 N–H and O–H groups in total. The molecule has 0 saturated heterocycles. The Hall–Kier alpha value is -2.32. The summed E-state index contributed by atoms with van der Waals surface area (Å²) in [6.45, 7) is 0. The summed E-state index contributed by atoms with van der Waals surface area (Å²) in [5, 5.41) is 10.4. The van der Waals surface area contributed by atoms with E-state index in [1.165, 1.54) is 0 Å². The first-order valence-corrected chi connectivity index (χ1v) is 5.97. The zero-order valence-corrected chi connectivity index (χ0v) is 11.7. The van der Waals surface area contributed by atoms with Crippen LogP contribution in [0.2, 0.25) is 0 Å². The van der Waals surface area contributed by atoms with Gasteiger partial charge in [-0.25, -0.2) is 4.39 Å². The molecule has 0 heterocycles. The van der Waals surface area contributed by atoms with Crippen LogP contribution in [0.1, 0.15) is 0 Å². The molecule has 148 valence electrons. The lowest BCUT2D eigenvalue weighted by molar-refractivity contribution is -0.460. The van der Waals surface area contributed by atoms with Crippen LogP contribution in [0.15, 0.2) is 24.3 Å². The van der Waals surface area contributed by atoms with Gasteiger partial charge < -0.3 is 4.74 Å². The van der Waals surface area contributed by atoms with Crippen molar-refractivity contribution in [2.75, 3.05) is 0 Å². The van der Waals surface area contributed by atoms with Gasteiger partial charge in [0.1, 0.15) is 5.75 Å². The van der Waals surface area contributed by atoms with Crippen LogP contribution in [0, 0.1) is 10.1 Å². The fraction of sp³-hybridized carbons (Fsp3) is 0.455. The maximum absolute atomic E-state index is 13.3. The van der Waals surface area contributed by atoms with Crippen LogP contribution >= 0.6 is 0 Å². The van der Waals surface area contributed by atoms with Gasteiger partial charge in [0.15, 0.2) is 0 Å². The highest BCUT2D eigenvalue weighted by atomic mass is 19.4. The number of nitro groups is 1. The van der Waals surface area contributed by atoms with Crippen molar-refractivity contribution in [1.29, 1.82) is 0 Å². The first-order chi connectivity index (χ1) is 11.5. The third kappa shape index (κ3) is 4.44. The maximum atomic E-state index is 13.3. The minimum atomic E-state index is -6.99. The average molecular weight is 405 g/mol. The van der Waals surface area contributed by atoms with Crippen molar-refractivity contribution in [2.24, 2.45) is 0 Å². The molecule has 1 atom stereocenters. The number of ether oxygens (including phenoxy) is 2. The molecule has 0 amide bonds. The Bertz CT molecular complexity index is 663. The summed E-state index contributed by atoms with van der Waals surface area (Å²) in [6, 6.07) is 2.37. The van der Waals surface area contributed by atoms with E-state index in [1.807, 2.05) is 0 Å². The van der Waals surface area contributed by atoms with Crippen molar-refractivity contribution >= 4 is 5.69 Å². The molecule has 1 rings (SSSR count). The normalized spacial score (nSPS) is 14.8. The van der Waals surface area contributed by atoms with E-state index in [2.05, 4.69) is 9.47 Å². The Balaban J connectivity index is 2.99. The number of hydrogen-bond acceptors (Lipinski definition) is 4. The summed E-state index contributed by atoms with van der Waals surface area (Å²) in [7, 11) is 0. The Kier molecular flexibility index (Phi) is 5.66. The number of benzene rings is 1. The highest BCUT2D eigenvalue weighted by Gasteiger charge is 2.76. The molecule has 1 unspecified atom stereocenters. The van der Waals surface area contributed by atoms with Crippen LogP contribution in [-0.4, -0.2) is 35.6 Å². The van der Waals surface area contributed by atoms with Crippen LogP contribution in [0.5, 0.6) is 5.75 Å². The topological polar surface area (TPSA) is 61.6 Å². The van der Waals surface area contributed by atoms with Gasteiger partial charge in [0.2, 0.25) is 0 Å². The zero-order chi connectivity index (χ0) is 20.6. The van der Waals surface area contributed by atoms with Gasteiger partial charge in [-0.15, -0.1) is 0 Å². The molecule has 0 spiro atoms. The van der Waals surface area contributed by atoms with Gasteiger partial charge in [-0.3, -0.25) is 14.9 Å². The lowest BCUT2D eigenvalue weighted by Gasteiger charge is -2.30. The number of halogens is 10. The fourth-order valence-electron chi connectivity index (χ4n) is 1.30. The molecular formula is C11H5F10NO4. The predicted octanol–water partition coefficient (Wildman–Crippen LogP) is 4.67. The summed E-state index contributed by atoms with van der Waals surface area (Å²) >= 11 is 0. The molecule has 0 radical (unpaired) electrons. The van der Waals surface area contributed by atoms with Crippen LogP contribution in [0.3, 0.4) is 0 Å². The van der Waals surface area contributed by atoms with Crippen molar-refractivity contribution in [2.45, 2.75) is 30.7 Å². The number of alkyl halides is 10. The van der Waals surface area contributed by atoms with Crippen LogP contribution in [-0.2, 0) is 4.74 Å². The van der Waals surface area contributed by atoms with Gasteiger partial charge in [0.05, 0.1) is 11.0 Å². The summed E-state index contributed by atoms with van der Waals surface area (Å²) in [5.74, 6) is -8.17. The fourth-order valence-corrected chi connectivity index (χ4v) is 1.30. The second kappa shape index (κ2) is 6.77. The standard InChI is InChI=1S/C11H5F10NO4/c12-7(26-11(20,21)9(15,16)10(17,18)19)8(13,14)25-6-3-1-2-5(4-6)22(23)24/h1-4,7H. The molecule has 1 aromatic rings. The number of nitro benzene ring substituents is 1. The van der Waals surface area contributed by atoms with E-state index in [4.69, 9.17) is 0 Å². The lowest BCUT2D eigenvalue weighted by atomic mass is 10.3. The number of nitrogens with zero attached hydrogens (tertiary/aromatic N) is 1. The second-order valence-electron chi connectivity index (χ2n) is 4.44. The SMILES string of the molecule is O=[N+]([O-])c1cccc(OC(F)(F)C(F)OC(F)(F)C(F)(F)C(F)(F)F)c1.